The zero-order valence-electron chi connectivity index (χ0n) is 15.1. The minimum absolute atomic E-state index is 0.0546. The average molecular weight is 423 g/mol. The molecule has 2 aromatic heterocycles. The van der Waals surface area contributed by atoms with Gasteiger partial charge >= 0.3 is 6.18 Å². The zero-order chi connectivity index (χ0) is 21.1. The molecule has 0 amide bonds. The topological polar surface area (TPSA) is 96.9 Å². The van der Waals surface area contributed by atoms with Gasteiger partial charge in [0.1, 0.15) is 5.82 Å². The number of hydrogen-bond acceptors (Lipinski definition) is 6. The average Bonchev–Trinajstić information content (AvgIpc) is 2.69. The van der Waals surface area contributed by atoms with Crippen LogP contribution in [0.1, 0.15) is 12.6 Å². The van der Waals surface area contributed by atoms with Gasteiger partial charge in [0.15, 0.2) is 11.5 Å². The van der Waals surface area contributed by atoms with E-state index in [-0.39, 0.29) is 17.4 Å². The van der Waals surface area contributed by atoms with E-state index in [9.17, 15) is 21.6 Å². The second-order valence-electron chi connectivity index (χ2n) is 5.90. The molecule has 0 aliphatic carbocycles. The highest BCUT2D eigenvalue weighted by Crippen LogP contribution is 2.31. The third-order valence-electron chi connectivity index (χ3n) is 3.77. The maximum absolute atomic E-state index is 13.3. The van der Waals surface area contributed by atoms with Gasteiger partial charge in [-0.2, -0.15) is 13.2 Å². The van der Waals surface area contributed by atoms with Crippen molar-refractivity contribution in [1.29, 1.82) is 0 Å². The molecule has 0 aliphatic heterocycles. The van der Waals surface area contributed by atoms with E-state index in [0.29, 0.717) is 16.9 Å². The van der Waals surface area contributed by atoms with Crippen LogP contribution in [0.25, 0.3) is 11.4 Å². The SMILES string of the molecule is CCS(=O)(=O)Nc1ccc(Nc2cc(C(F)(F)F)nc(-c3ccncc3)n2)cc1. The molecule has 2 N–H and O–H groups in total. The van der Waals surface area contributed by atoms with Crippen LogP contribution < -0.4 is 10.0 Å². The molecule has 3 aromatic rings. The number of sulfonamides is 1. The summed E-state index contributed by atoms with van der Waals surface area (Å²) in [4.78, 5) is 11.6. The molecule has 152 valence electrons. The molecule has 3 rings (SSSR count). The van der Waals surface area contributed by atoms with Crippen molar-refractivity contribution in [1.82, 2.24) is 15.0 Å². The third kappa shape index (κ3) is 5.41. The molecular formula is C18H16F3N5O2S. The molecular weight excluding hydrogens is 407 g/mol. The standard InChI is InChI=1S/C18H16F3N5O2S/c1-2-29(27,28)26-14-5-3-13(4-6-14)23-16-11-15(18(19,20)21)24-17(25-16)12-7-9-22-10-8-12/h3-11,26H,2H2,1H3,(H,23,24,25). The van der Waals surface area contributed by atoms with Crippen molar-refractivity contribution >= 4 is 27.2 Å². The van der Waals surface area contributed by atoms with Crippen molar-refractivity contribution in [2.24, 2.45) is 0 Å². The van der Waals surface area contributed by atoms with Gasteiger partial charge in [-0.1, -0.05) is 0 Å². The molecule has 0 saturated heterocycles. The molecule has 2 heterocycles. The van der Waals surface area contributed by atoms with Gasteiger partial charge in [0.25, 0.3) is 0 Å². The van der Waals surface area contributed by atoms with Gasteiger partial charge in [0, 0.05) is 35.4 Å². The Balaban J connectivity index is 1.90. The molecule has 1 aromatic carbocycles. The second kappa shape index (κ2) is 8.03. The van der Waals surface area contributed by atoms with Gasteiger partial charge in [0.05, 0.1) is 5.75 Å². The van der Waals surface area contributed by atoms with Crippen LogP contribution in [0.5, 0.6) is 0 Å². The minimum atomic E-state index is -4.65. The largest absolute Gasteiger partial charge is 0.433 e. The van der Waals surface area contributed by atoms with Crippen LogP contribution in [0, 0.1) is 0 Å². The predicted octanol–water partition coefficient (Wildman–Crippen LogP) is 4.06. The van der Waals surface area contributed by atoms with Crippen LogP contribution >= 0.6 is 0 Å². The van der Waals surface area contributed by atoms with Crippen LogP contribution in [0.3, 0.4) is 0 Å². The predicted molar refractivity (Wildman–Crippen MR) is 103 cm³/mol. The minimum Gasteiger partial charge on any atom is -0.340 e. The highest BCUT2D eigenvalue weighted by molar-refractivity contribution is 7.92. The summed E-state index contributed by atoms with van der Waals surface area (Å²) in [5, 5.41) is 2.79. The van der Waals surface area contributed by atoms with Crippen molar-refractivity contribution < 1.29 is 21.6 Å². The number of alkyl halides is 3. The lowest BCUT2D eigenvalue weighted by molar-refractivity contribution is -0.141. The molecule has 0 unspecified atom stereocenters. The van der Waals surface area contributed by atoms with Crippen molar-refractivity contribution in [3.05, 3.63) is 60.6 Å². The number of rotatable bonds is 6. The summed E-state index contributed by atoms with van der Waals surface area (Å²) >= 11 is 0. The summed E-state index contributed by atoms with van der Waals surface area (Å²) in [6, 6.07) is 9.85. The molecule has 0 bridgehead atoms. The van der Waals surface area contributed by atoms with Crippen molar-refractivity contribution in [2.75, 3.05) is 15.8 Å². The lowest BCUT2D eigenvalue weighted by Crippen LogP contribution is -2.14. The van der Waals surface area contributed by atoms with Crippen molar-refractivity contribution in [3.63, 3.8) is 0 Å². The first-order valence-electron chi connectivity index (χ1n) is 8.40. The second-order valence-corrected chi connectivity index (χ2v) is 7.91. The smallest absolute Gasteiger partial charge is 0.340 e. The van der Waals surface area contributed by atoms with Crippen LogP contribution in [0.15, 0.2) is 54.9 Å². The summed E-state index contributed by atoms with van der Waals surface area (Å²) in [5.74, 6) is -0.232. The summed E-state index contributed by atoms with van der Waals surface area (Å²) in [7, 11) is -3.42. The molecule has 29 heavy (non-hydrogen) atoms. The first-order valence-corrected chi connectivity index (χ1v) is 10.1. The fourth-order valence-electron chi connectivity index (χ4n) is 2.31. The highest BCUT2D eigenvalue weighted by Gasteiger charge is 2.33. The Kier molecular flexibility index (Phi) is 5.69. The Labute approximate surface area is 165 Å². The summed E-state index contributed by atoms with van der Waals surface area (Å²) in [6.07, 6.45) is -1.78. The number of halogens is 3. The van der Waals surface area contributed by atoms with E-state index in [1.54, 1.807) is 0 Å². The van der Waals surface area contributed by atoms with Crippen LogP contribution in [-0.2, 0) is 16.2 Å². The van der Waals surface area contributed by atoms with E-state index in [4.69, 9.17) is 0 Å². The normalized spacial score (nSPS) is 11.9. The maximum atomic E-state index is 13.3. The maximum Gasteiger partial charge on any atom is 0.433 e. The van der Waals surface area contributed by atoms with Gasteiger partial charge in [-0.3, -0.25) is 9.71 Å². The first-order chi connectivity index (χ1) is 13.7. The number of benzene rings is 1. The number of pyridine rings is 1. The lowest BCUT2D eigenvalue weighted by atomic mass is 10.2. The molecule has 0 spiro atoms. The van der Waals surface area contributed by atoms with Gasteiger partial charge < -0.3 is 5.32 Å². The zero-order valence-corrected chi connectivity index (χ0v) is 15.9. The fraction of sp³-hybridized carbons (Fsp3) is 0.167. The summed E-state index contributed by atoms with van der Waals surface area (Å²) < 4.78 is 65.3. The van der Waals surface area contributed by atoms with Crippen molar-refractivity contribution in [2.45, 2.75) is 13.1 Å². The number of aromatic nitrogens is 3. The van der Waals surface area contributed by atoms with E-state index in [1.807, 2.05) is 0 Å². The Morgan fingerprint density at radius 3 is 2.17 bits per heavy atom. The lowest BCUT2D eigenvalue weighted by Gasteiger charge is -2.12. The van der Waals surface area contributed by atoms with Gasteiger partial charge in [-0.15, -0.1) is 0 Å². The first kappa shape index (κ1) is 20.5. The molecule has 0 saturated carbocycles. The Hall–Kier alpha value is -3.21. The van der Waals surface area contributed by atoms with E-state index in [2.05, 4.69) is 25.0 Å². The Morgan fingerprint density at radius 2 is 1.59 bits per heavy atom. The van der Waals surface area contributed by atoms with E-state index < -0.39 is 21.9 Å². The van der Waals surface area contributed by atoms with Gasteiger partial charge in [0.2, 0.25) is 10.0 Å². The molecule has 0 fully saturated rings. The van der Waals surface area contributed by atoms with E-state index in [1.165, 1.54) is 55.7 Å². The van der Waals surface area contributed by atoms with E-state index in [0.717, 1.165) is 6.07 Å². The Morgan fingerprint density at radius 1 is 0.966 bits per heavy atom. The Bertz CT molecular complexity index is 1090. The molecule has 0 radical (unpaired) electrons. The number of anilines is 3. The summed E-state index contributed by atoms with van der Waals surface area (Å²) in [6.45, 7) is 1.51. The van der Waals surface area contributed by atoms with Crippen LogP contribution in [0.4, 0.5) is 30.4 Å². The fourth-order valence-corrected chi connectivity index (χ4v) is 2.95. The monoisotopic (exact) mass is 423 g/mol. The molecule has 7 nitrogen and oxygen atoms in total. The number of hydrogen-bond donors (Lipinski definition) is 2. The highest BCUT2D eigenvalue weighted by atomic mass is 32.2. The van der Waals surface area contributed by atoms with Crippen LogP contribution in [-0.4, -0.2) is 29.1 Å². The van der Waals surface area contributed by atoms with Gasteiger partial charge in [-0.05, 0) is 43.3 Å². The molecule has 0 aliphatic rings. The van der Waals surface area contributed by atoms with Gasteiger partial charge in [-0.25, -0.2) is 18.4 Å². The van der Waals surface area contributed by atoms with E-state index >= 15 is 0 Å². The molecule has 11 heteroatoms. The van der Waals surface area contributed by atoms with Crippen LogP contribution in [0.2, 0.25) is 0 Å². The van der Waals surface area contributed by atoms with Crippen molar-refractivity contribution in [3.8, 4) is 11.4 Å². The molecule has 0 atom stereocenters. The quantitative estimate of drug-likeness (QED) is 0.621. The number of nitrogens with zero attached hydrogens (tertiary/aromatic N) is 3. The third-order valence-corrected chi connectivity index (χ3v) is 5.07. The summed E-state index contributed by atoms with van der Waals surface area (Å²) in [5.41, 5.74) is 0.0677. The number of nitrogens with one attached hydrogen (secondary N) is 2.